The van der Waals surface area contributed by atoms with E-state index in [1.165, 1.54) is 5.56 Å². The molecular weight excluding hydrogens is 384 g/mol. The van der Waals surface area contributed by atoms with Crippen molar-refractivity contribution in [1.82, 2.24) is 4.98 Å². The summed E-state index contributed by atoms with van der Waals surface area (Å²) in [6.07, 6.45) is 3.62. The average molecular weight is 399 g/mol. The molecule has 0 bridgehead atoms. The normalized spacial score (nSPS) is 12.0. The molecule has 0 unspecified atom stereocenters. The largest absolute Gasteiger partial charge is 0.454 e. The minimum absolute atomic E-state index is 0.109. The Labute approximate surface area is 165 Å². The van der Waals surface area contributed by atoms with E-state index < -0.39 is 0 Å². The Kier molecular flexibility index (Phi) is 5.18. The smallest absolute Gasteiger partial charge is 0.255 e. The number of benzene rings is 2. The molecule has 0 aliphatic carbocycles. The maximum Gasteiger partial charge on any atom is 0.255 e. The van der Waals surface area contributed by atoms with Gasteiger partial charge in [0, 0.05) is 34.3 Å². The topological polar surface area (TPSA) is 60.5 Å². The number of carbonyl (C=O) groups excluding carboxylic acids is 1. The van der Waals surface area contributed by atoms with E-state index in [1.54, 1.807) is 30.1 Å². The molecule has 1 aliphatic heterocycles. The summed E-state index contributed by atoms with van der Waals surface area (Å²) < 4.78 is 10.6. The van der Waals surface area contributed by atoms with E-state index in [1.807, 2.05) is 42.6 Å². The van der Waals surface area contributed by atoms with Gasteiger partial charge in [-0.25, -0.2) is 0 Å². The van der Waals surface area contributed by atoms with Crippen molar-refractivity contribution in [2.75, 3.05) is 12.1 Å². The highest BCUT2D eigenvalue weighted by Crippen LogP contribution is 2.39. The van der Waals surface area contributed by atoms with E-state index in [0.29, 0.717) is 27.8 Å². The lowest BCUT2D eigenvalue weighted by Crippen LogP contribution is -2.11. The third-order valence-corrected chi connectivity index (χ3v) is 5.29. The van der Waals surface area contributed by atoms with Crippen molar-refractivity contribution >= 4 is 35.0 Å². The van der Waals surface area contributed by atoms with Crippen LogP contribution in [-0.4, -0.2) is 17.7 Å². The number of pyridine rings is 1. The molecule has 2 aromatic carbocycles. The van der Waals surface area contributed by atoms with Gasteiger partial charge in [-0.1, -0.05) is 17.7 Å². The zero-order valence-corrected chi connectivity index (χ0v) is 15.7. The van der Waals surface area contributed by atoms with Gasteiger partial charge in [0.25, 0.3) is 5.91 Å². The molecule has 2 heterocycles. The van der Waals surface area contributed by atoms with Gasteiger partial charge in [0.05, 0.1) is 5.02 Å². The van der Waals surface area contributed by atoms with Crippen molar-refractivity contribution in [3.8, 4) is 11.5 Å². The Hall–Kier alpha value is -2.70. The first-order valence-electron chi connectivity index (χ1n) is 8.21. The van der Waals surface area contributed by atoms with Crippen molar-refractivity contribution in [2.45, 2.75) is 10.6 Å². The van der Waals surface area contributed by atoms with Gasteiger partial charge in [-0.2, -0.15) is 0 Å². The van der Waals surface area contributed by atoms with Gasteiger partial charge in [0.1, 0.15) is 0 Å². The molecule has 0 radical (unpaired) electrons. The number of thioether (sulfide) groups is 1. The van der Waals surface area contributed by atoms with Crippen LogP contribution in [0.3, 0.4) is 0 Å². The number of hydrogen-bond acceptors (Lipinski definition) is 5. The van der Waals surface area contributed by atoms with Gasteiger partial charge in [0.2, 0.25) is 6.79 Å². The second kappa shape index (κ2) is 7.90. The number of nitrogens with zero attached hydrogens (tertiary/aromatic N) is 1. The van der Waals surface area contributed by atoms with Crippen LogP contribution < -0.4 is 14.8 Å². The van der Waals surface area contributed by atoms with Crippen molar-refractivity contribution in [3.63, 3.8) is 0 Å². The van der Waals surface area contributed by atoms with Gasteiger partial charge < -0.3 is 14.8 Å². The lowest BCUT2D eigenvalue weighted by atomic mass is 10.2. The monoisotopic (exact) mass is 398 g/mol. The first-order chi connectivity index (χ1) is 13.2. The molecule has 27 heavy (non-hydrogen) atoms. The molecule has 1 aromatic heterocycles. The van der Waals surface area contributed by atoms with Crippen LogP contribution in [0.4, 0.5) is 5.69 Å². The molecule has 1 amide bonds. The molecule has 0 spiro atoms. The Morgan fingerprint density at radius 1 is 1.19 bits per heavy atom. The first kappa shape index (κ1) is 17.7. The fourth-order valence-corrected chi connectivity index (χ4v) is 3.68. The summed E-state index contributed by atoms with van der Waals surface area (Å²) in [6.45, 7) is 0.109. The minimum atomic E-state index is -0.258. The first-order valence-corrected chi connectivity index (χ1v) is 9.58. The van der Waals surface area contributed by atoms with E-state index in [9.17, 15) is 4.79 Å². The number of fused-ring (bicyclic) bond motifs is 1. The second-order valence-electron chi connectivity index (χ2n) is 5.82. The number of nitrogens with one attached hydrogen (secondary N) is 1. The van der Waals surface area contributed by atoms with E-state index in [2.05, 4.69) is 10.3 Å². The number of halogens is 1. The van der Waals surface area contributed by atoms with Crippen LogP contribution in [0.1, 0.15) is 15.9 Å². The fourth-order valence-electron chi connectivity index (χ4n) is 2.59. The zero-order valence-electron chi connectivity index (χ0n) is 14.1. The van der Waals surface area contributed by atoms with Crippen LogP contribution in [-0.2, 0) is 5.75 Å². The highest BCUT2D eigenvalue weighted by Gasteiger charge is 2.20. The summed E-state index contributed by atoms with van der Waals surface area (Å²) in [5, 5.41) is 3.22. The number of hydrogen-bond donors (Lipinski definition) is 1. The minimum Gasteiger partial charge on any atom is -0.454 e. The number of amides is 1. The van der Waals surface area contributed by atoms with Crippen molar-refractivity contribution in [3.05, 3.63) is 77.1 Å². The molecule has 1 N–H and O–H groups in total. The van der Waals surface area contributed by atoms with Crippen molar-refractivity contribution in [2.24, 2.45) is 0 Å². The number of anilines is 1. The Bertz CT molecular complexity index is 965. The van der Waals surface area contributed by atoms with Crippen LogP contribution in [0.2, 0.25) is 5.02 Å². The molecule has 7 heteroatoms. The number of carbonyl (C=O) groups is 1. The standard InChI is InChI=1S/C20H15ClN2O3S/c21-17-8-14(9-18-19(17)26-12-25-18)20(24)23-15-3-5-16(6-4-15)27-11-13-2-1-7-22-10-13/h1-10H,11-12H2,(H,23,24). The SMILES string of the molecule is O=C(Nc1ccc(SCc2cccnc2)cc1)c1cc(Cl)c2c(c1)OCO2. The van der Waals surface area contributed by atoms with Crippen LogP contribution in [0, 0.1) is 0 Å². The van der Waals surface area contributed by atoms with Gasteiger partial charge in [-0.3, -0.25) is 9.78 Å². The molecule has 5 nitrogen and oxygen atoms in total. The van der Waals surface area contributed by atoms with Crippen LogP contribution in [0.25, 0.3) is 0 Å². The highest BCUT2D eigenvalue weighted by molar-refractivity contribution is 7.98. The van der Waals surface area contributed by atoms with Crippen molar-refractivity contribution in [1.29, 1.82) is 0 Å². The maximum absolute atomic E-state index is 12.5. The van der Waals surface area contributed by atoms with Gasteiger partial charge in [0.15, 0.2) is 11.5 Å². The molecule has 0 atom stereocenters. The number of aromatic nitrogens is 1. The van der Waals surface area contributed by atoms with Gasteiger partial charge >= 0.3 is 0 Å². The highest BCUT2D eigenvalue weighted by atomic mass is 35.5. The lowest BCUT2D eigenvalue weighted by molar-refractivity contribution is 0.102. The van der Waals surface area contributed by atoms with Crippen LogP contribution in [0.5, 0.6) is 11.5 Å². The Balaban J connectivity index is 1.39. The third-order valence-electron chi connectivity index (χ3n) is 3.93. The number of ether oxygens (including phenoxy) is 2. The van der Waals surface area contributed by atoms with E-state index in [-0.39, 0.29) is 12.7 Å². The summed E-state index contributed by atoms with van der Waals surface area (Å²) in [5.74, 6) is 1.54. The molecular formula is C20H15ClN2O3S. The van der Waals surface area contributed by atoms with E-state index >= 15 is 0 Å². The second-order valence-corrected chi connectivity index (χ2v) is 7.28. The quantitative estimate of drug-likeness (QED) is 0.612. The molecule has 3 aromatic rings. The molecule has 0 saturated carbocycles. The van der Waals surface area contributed by atoms with E-state index in [0.717, 1.165) is 10.6 Å². The summed E-state index contributed by atoms with van der Waals surface area (Å²) >= 11 is 7.85. The predicted molar refractivity (Wildman–Crippen MR) is 106 cm³/mol. The Morgan fingerprint density at radius 2 is 2.04 bits per heavy atom. The predicted octanol–water partition coefficient (Wildman–Crippen LogP) is 5.01. The van der Waals surface area contributed by atoms with Crippen LogP contribution >= 0.6 is 23.4 Å². The van der Waals surface area contributed by atoms with Crippen LogP contribution in [0.15, 0.2) is 65.8 Å². The summed E-state index contributed by atoms with van der Waals surface area (Å²) in [6, 6.07) is 14.9. The molecule has 1 aliphatic rings. The summed E-state index contributed by atoms with van der Waals surface area (Å²) in [5.41, 5.74) is 2.29. The summed E-state index contributed by atoms with van der Waals surface area (Å²) in [7, 11) is 0. The number of rotatable bonds is 5. The van der Waals surface area contributed by atoms with Gasteiger partial charge in [-0.05, 0) is 48.0 Å². The average Bonchev–Trinajstić information content (AvgIpc) is 3.17. The van der Waals surface area contributed by atoms with E-state index in [4.69, 9.17) is 21.1 Å². The van der Waals surface area contributed by atoms with Crippen molar-refractivity contribution < 1.29 is 14.3 Å². The molecule has 0 fully saturated rings. The summed E-state index contributed by atoms with van der Waals surface area (Å²) in [4.78, 5) is 17.7. The fraction of sp³-hybridized carbons (Fsp3) is 0.100. The molecule has 4 rings (SSSR count). The van der Waals surface area contributed by atoms with Gasteiger partial charge in [-0.15, -0.1) is 11.8 Å². The third kappa shape index (κ3) is 4.18. The Morgan fingerprint density at radius 3 is 2.81 bits per heavy atom. The lowest BCUT2D eigenvalue weighted by Gasteiger charge is -2.08. The zero-order chi connectivity index (χ0) is 18.6. The molecule has 136 valence electrons. The molecule has 0 saturated heterocycles. The maximum atomic E-state index is 12.5.